The van der Waals surface area contributed by atoms with Crippen molar-refractivity contribution in [1.82, 2.24) is 5.32 Å². The fourth-order valence-corrected chi connectivity index (χ4v) is 2.04. The number of amides is 1. The third kappa shape index (κ3) is 3.67. The Morgan fingerprint density at radius 2 is 1.88 bits per heavy atom. The second kappa shape index (κ2) is 7.23. The Kier molecular flexibility index (Phi) is 5.10. The minimum absolute atomic E-state index is 0.0493. The average molecular weight is 329 g/mol. The van der Waals surface area contributed by atoms with Gasteiger partial charge in [0.25, 0.3) is 11.6 Å². The molecule has 0 heterocycles. The molecule has 3 N–H and O–H groups in total. The molecule has 1 amide bonds. The van der Waals surface area contributed by atoms with Crippen molar-refractivity contribution >= 4 is 23.1 Å². The second-order valence-corrected chi connectivity index (χ2v) is 4.83. The number of carbonyl (C=O) groups is 2. The number of hydrogen-bond acceptors (Lipinski definition) is 6. The van der Waals surface area contributed by atoms with Crippen LogP contribution in [0.1, 0.15) is 20.7 Å². The fourth-order valence-electron chi connectivity index (χ4n) is 2.04. The number of Topliss-reactive ketones (excluding diaryl/α,β-unsaturated/α-hetero) is 1. The molecular weight excluding hydrogens is 314 g/mol. The summed E-state index contributed by atoms with van der Waals surface area (Å²) in [5.41, 5.74) is 5.39. The molecule has 0 atom stereocenters. The van der Waals surface area contributed by atoms with E-state index in [0.717, 1.165) is 0 Å². The van der Waals surface area contributed by atoms with Gasteiger partial charge in [0.1, 0.15) is 11.4 Å². The van der Waals surface area contributed by atoms with Crippen molar-refractivity contribution in [2.45, 2.75) is 0 Å². The maximum atomic E-state index is 12.1. The van der Waals surface area contributed by atoms with Crippen molar-refractivity contribution in [2.75, 3.05) is 19.4 Å². The van der Waals surface area contributed by atoms with Crippen LogP contribution in [-0.2, 0) is 0 Å². The van der Waals surface area contributed by atoms with Crippen molar-refractivity contribution in [2.24, 2.45) is 0 Å². The average Bonchev–Trinajstić information content (AvgIpc) is 2.59. The molecule has 0 aliphatic heterocycles. The lowest BCUT2D eigenvalue weighted by atomic mass is 10.1. The van der Waals surface area contributed by atoms with E-state index in [1.54, 1.807) is 24.3 Å². The number of hydrogen-bond donors (Lipinski definition) is 2. The number of nitrogens with two attached hydrogens (primary N) is 1. The summed E-state index contributed by atoms with van der Waals surface area (Å²) in [5, 5.41) is 13.2. The number of nitrogens with zero attached hydrogens (tertiary/aromatic N) is 1. The van der Waals surface area contributed by atoms with Crippen LogP contribution in [0.2, 0.25) is 0 Å². The van der Waals surface area contributed by atoms with Crippen LogP contribution in [-0.4, -0.2) is 30.3 Å². The van der Waals surface area contributed by atoms with Crippen LogP contribution < -0.4 is 15.8 Å². The highest BCUT2D eigenvalue weighted by molar-refractivity contribution is 6.05. The Bertz CT molecular complexity index is 787. The third-order valence-corrected chi connectivity index (χ3v) is 3.35. The topological polar surface area (TPSA) is 125 Å². The summed E-state index contributed by atoms with van der Waals surface area (Å²) in [4.78, 5) is 34.3. The molecule has 0 aliphatic rings. The molecule has 8 heteroatoms. The number of para-hydroxylation sites is 1. The Balaban J connectivity index is 2.06. The molecular formula is C16H15N3O5. The Labute approximate surface area is 137 Å². The van der Waals surface area contributed by atoms with Crippen LogP contribution >= 0.6 is 0 Å². The van der Waals surface area contributed by atoms with E-state index in [0.29, 0.717) is 11.3 Å². The molecule has 0 radical (unpaired) electrons. The van der Waals surface area contributed by atoms with E-state index >= 15 is 0 Å². The standard InChI is InChI=1S/C16H15N3O5/c1-24-11-7-5-10(6-8-11)14(20)9-18-16(21)12-3-2-4-13(15(12)17)19(22)23/h2-8H,9,17H2,1H3,(H,18,21). The maximum Gasteiger partial charge on any atom is 0.292 e. The first-order valence-corrected chi connectivity index (χ1v) is 6.92. The largest absolute Gasteiger partial charge is 0.497 e. The smallest absolute Gasteiger partial charge is 0.292 e. The maximum absolute atomic E-state index is 12.1. The monoisotopic (exact) mass is 329 g/mol. The lowest BCUT2D eigenvalue weighted by Crippen LogP contribution is -2.30. The van der Waals surface area contributed by atoms with Gasteiger partial charge in [0.05, 0.1) is 24.1 Å². The number of carbonyl (C=O) groups excluding carboxylic acids is 2. The summed E-state index contributed by atoms with van der Waals surface area (Å²) in [7, 11) is 1.51. The zero-order valence-corrected chi connectivity index (χ0v) is 12.8. The first kappa shape index (κ1) is 16.9. The fraction of sp³-hybridized carbons (Fsp3) is 0.125. The number of nitrogens with one attached hydrogen (secondary N) is 1. The molecule has 0 saturated heterocycles. The van der Waals surface area contributed by atoms with Gasteiger partial charge >= 0.3 is 0 Å². The lowest BCUT2D eigenvalue weighted by molar-refractivity contribution is -0.383. The SMILES string of the molecule is COc1ccc(C(=O)CNC(=O)c2cccc([N+](=O)[O-])c2N)cc1. The number of nitro benzene ring substituents is 1. The number of anilines is 1. The summed E-state index contributed by atoms with van der Waals surface area (Å²) in [6.07, 6.45) is 0. The first-order valence-electron chi connectivity index (χ1n) is 6.92. The van der Waals surface area contributed by atoms with Gasteiger partial charge in [-0.15, -0.1) is 0 Å². The lowest BCUT2D eigenvalue weighted by Gasteiger charge is -2.08. The van der Waals surface area contributed by atoms with E-state index in [1.165, 1.54) is 25.3 Å². The molecule has 0 saturated carbocycles. The number of rotatable bonds is 6. The van der Waals surface area contributed by atoms with E-state index in [1.807, 2.05) is 0 Å². The van der Waals surface area contributed by atoms with Gasteiger partial charge in [0, 0.05) is 11.6 Å². The number of ketones is 1. The summed E-state index contributed by atoms with van der Waals surface area (Å²) in [6.45, 7) is -0.257. The predicted molar refractivity (Wildman–Crippen MR) is 87.2 cm³/mol. The predicted octanol–water partition coefficient (Wildman–Crippen LogP) is 1.80. The van der Waals surface area contributed by atoms with Crippen molar-refractivity contribution in [1.29, 1.82) is 0 Å². The molecule has 0 bridgehead atoms. The van der Waals surface area contributed by atoms with Gasteiger partial charge in [0.15, 0.2) is 5.78 Å². The summed E-state index contributed by atoms with van der Waals surface area (Å²) >= 11 is 0. The van der Waals surface area contributed by atoms with Gasteiger partial charge in [-0.3, -0.25) is 19.7 Å². The van der Waals surface area contributed by atoms with E-state index < -0.39 is 10.8 Å². The van der Waals surface area contributed by atoms with Crippen LogP contribution in [0, 0.1) is 10.1 Å². The number of benzene rings is 2. The highest BCUT2D eigenvalue weighted by Gasteiger charge is 2.19. The molecule has 2 aromatic carbocycles. The molecule has 0 aliphatic carbocycles. The summed E-state index contributed by atoms with van der Waals surface area (Å²) < 4.78 is 5.00. The minimum atomic E-state index is -0.672. The Hall–Kier alpha value is -3.42. The molecule has 0 aromatic heterocycles. The highest BCUT2D eigenvalue weighted by atomic mass is 16.6. The number of nitrogen functional groups attached to an aromatic ring is 1. The van der Waals surface area contributed by atoms with Crippen molar-refractivity contribution in [3.05, 3.63) is 63.7 Å². The van der Waals surface area contributed by atoms with Gasteiger partial charge in [-0.2, -0.15) is 0 Å². The quantitative estimate of drug-likeness (QED) is 0.360. The van der Waals surface area contributed by atoms with Crippen LogP contribution in [0.4, 0.5) is 11.4 Å². The molecule has 2 aromatic rings. The molecule has 24 heavy (non-hydrogen) atoms. The Morgan fingerprint density at radius 1 is 1.21 bits per heavy atom. The second-order valence-electron chi connectivity index (χ2n) is 4.83. The van der Waals surface area contributed by atoms with Gasteiger partial charge in [0.2, 0.25) is 0 Å². The van der Waals surface area contributed by atoms with Gasteiger partial charge < -0.3 is 15.8 Å². The van der Waals surface area contributed by atoms with Crippen molar-refractivity contribution in [3.63, 3.8) is 0 Å². The molecule has 2 rings (SSSR count). The van der Waals surface area contributed by atoms with Crippen LogP contribution in [0.15, 0.2) is 42.5 Å². The third-order valence-electron chi connectivity index (χ3n) is 3.35. The number of methoxy groups -OCH3 is 1. The van der Waals surface area contributed by atoms with Crippen LogP contribution in [0.25, 0.3) is 0 Å². The van der Waals surface area contributed by atoms with E-state index in [9.17, 15) is 19.7 Å². The number of ether oxygens (including phenoxy) is 1. The Morgan fingerprint density at radius 3 is 2.46 bits per heavy atom. The normalized spacial score (nSPS) is 10.0. The molecule has 0 spiro atoms. The summed E-state index contributed by atoms with van der Waals surface area (Å²) in [6, 6.07) is 10.3. The molecule has 0 unspecified atom stereocenters. The highest BCUT2D eigenvalue weighted by Crippen LogP contribution is 2.24. The van der Waals surface area contributed by atoms with Gasteiger partial charge in [-0.05, 0) is 30.3 Å². The van der Waals surface area contributed by atoms with Gasteiger partial charge in [-0.25, -0.2) is 0 Å². The van der Waals surface area contributed by atoms with Crippen molar-refractivity contribution < 1.29 is 19.2 Å². The van der Waals surface area contributed by atoms with Crippen molar-refractivity contribution in [3.8, 4) is 5.75 Å². The molecule has 124 valence electrons. The summed E-state index contributed by atoms with van der Waals surface area (Å²) in [5.74, 6) is -0.354. The number of nitro groups is 1. The van der Waals surface area contributed by atoms with Gasteiger partial charge in [-0.1, -0.05) is 6.07 Å². The van der Waals surface area contributed by atoms with E-state index in [4.69, 9.17) is 10.5 Å². The molecule has 8 nitrogen and oxygen atoms in total. The van der Waals surface area contributed by atoms with Crippen LogP contribution in [0.3, 0.4) is 0 Å². The van der Waals surface area contributed by atoms with E-state index in [-0.39, 0.29) is 29.3 Å². The minimum Gasteiger partial charge on any atom is -0.497 e. The molecule has 0 fully saturated rings. The van der Waals surface area contributed by atoms with E-state index in [2.05, 4.69) is 5.32 Å². The first-order chi connectivity index (χ1) is 11.4. The van der Waals surface area contributed by atoms with Crippen LogP contribution in [0.5, 0.6) is 5.75 Å². The zero-order chi connectivity index (χ0) is 17.7. The zero-order valence-electron chi connectivity index (χ0n) is 12.8.